The van der Waals surface area contributed by atoms with Gasteiger partial charge in [0.1, 0.15) is 11.4 Å². The SMILES string of the molecule is CCC(C)(NC(=O)c1cc(C)cc(F)c1)C(=O)O. The van der Waals surface area contributed by atoms with Gasteiger partial charge in [-0.15, -0.1) is 0 Å². The van der Waals surface area contributed by atoms with Crippen LogP contribution in [0, 0.1) is 12.7 Å². The lowest BCUT2D eigenvalue weighted by Crippen LogP contribution is -2.51. The third-order valence-corrected chi connectivity index (χ3v) is 2.87. The van der Waals surface area contributed by atoms with Crippen LogP contribution >= 0.6 is 0 Å². The van der Waals surface area contributed by atoms with Gasteiger partial charge in [0.05, 0.1) is 0 Å². The summed E-state index contributed by atoms with van der Waals surface area (Å²) in [6.07, 6.45) is 0.238. The van der Waals surface area contributed by atoms with E-state index >= 15 is 0 Å². The van der Waals surface area contributed by atoms with Gasteiger partial charge in [0.15, 0.2) is 0 Å². The van der Waals surface area contributed by atoms with Gasteiger partial charge in [-0.2, -0.15) is 0 Å². The fourth-order valence-corrected chi connectivity index (χ4v) is 1.48. The van der Waals surface area contributed by atoms with Crippen LogP contribution in [0.1, 0.15) is 36.2 Å². The molecule has 0 bridgehead atoms. The van der Waals surface area contributed by atoms with E-state index in [0.717, 1.165) is 6.07 Å². The van der Waals surface area contributed by atoms with E-state index in [4.69, 9.17) is 5.11 Å². The number of amides is 1. The van der Waals surface area contributed by atoms with Crippen molar-refractivity contribution in [3.8, 4) is 0 Å². The number of hydrogen-bond donors (Lipinski definition) is 2. The smallest absolute Gasteiger partial charge is 0.329 e. The van der Waals surface area contributed by atoms with E-state index in [-0.39, 0.29) is 12.0 Å². The molecule has 0 saturated heterocycles. The zero-order valence-corrected chi connectivity index (χ0v) is 10.6. The standard InChI is InChI=1S/C13H16FNO3/c1-4-13(3,12(17)18)15-11(16)9-5-8(2)6-10(14)7-9/h5-7H,4H2,1-3H3,(H,15,16)(H,17,18). The summed E-state index contributed by atoms with van der Waals surface area (Å²) in [5.74, 6) is -2.23. The van der Waals surface area contributed by atoms with Crippen molar-refractivity contribution in [2.75, 3.05) is 0 Å². The molecule has 0 heterocycles. The molecule has 1 aromatic rings. The third-order valence-electron chi connectivity index (χ3n) is 2.87. The van der Waals surface area contributed by atoms with Crippen molar-refractivity contribution >= 4 is 11.9 Å². The van der Waals surface area contributed by atoms with Crippen molar-refractivity contribution in [1.29, 1.82) is 0 Å². The van der Waals surface area contributed by atoms with Gasteiger partial charge in [-0.05, 0) is 44.0 Å². The predicted octanol–water partition coefficient (Wildman–Crippen LogP) is 2.12. The van der Waals surface area contributed by atoms with Crippen molar-refractivity contribution < 1.29 is 19.1 Å². The lowest BCUT2D eigenvalue weighted by molar-refractivity contribution is -0.143. The van der Waals surface area contributed by atoms with Crippen molar-refractivity contribution in [3.63, 3.8) is 0 Å². The molecule has 1 atom stereocenters. The van der Waals surface area contributed by atoms with Crippen LogP contribution in [0.4, 0.5) is 4.39 Å². The molecule has 4 nitrogen and oxygen atoms in total. The van der Waals surface area contributed by atoms with E-state index in [1.165, 1.54) is 19.1 Å². The van der Waals surface area contributed by atoms with Gasteiger partial charge in [-0.25, -0.2) is 9.18 Å². The molecular weight excluding hydrogens is 237 g/mol. The fourth-order valence-electron chi connectivity index (χ4n) is 1.48. The van der Waals surface area contributed by atoms with Gasteiger partial charge in [-0.3, -0.25) is 4.79 Å². The highest BCUT2D eigenvalue weighted by molar-refractivity contribution is 5.97. The van der Waals surface area contributed by atoms with Gasteiger partial charge in [-0.1, -0.05) is 6.92 Å². The molecule has 0 radical (unpaired) electrons. The highest BCUT2D eigenvalue weighted by atomic mass is 19.1. The molecule has 18 heavy (non-hydrogen) atoms. The normalized spacial score (nSPS) is 13.8. The molecule has 0 aliphatic heterocycles. The molecule has 0 aromatic heterocycles. The zero-order chi connectivity index (χ0) is 13.9. The number of rotatable bonds is 4. The molecule has 0 aliphatic rings. The molecule has 0 saturated carbocycles. The summed E-state index contributed by atoms with van der Waals surface area (Å²) in [4.78, 5) is 23.0. The number of carbonyl (C=O) groups excluding carboxylic acids is 1. The number of carboxylic acid groups (broad SMARTS) is 1. The van der Waals surface area contributed by atoms with Crippen LogP contribution in [-0.4, -0.2) is 22.5 Å². The minimum Gasteiger partial charge on any atom is -0.480 e. The summed E-state index contributed by atoms with van der Waals surface area (Å²) >= 11 is 0. The molecule has 98 valence electrons. The second kappa shape index (κ2) is 5.16. The summed E-state index contributed by atoms with van der Waals surface area (Å²) in [5, 5.41) is 11.5. The highest BCUT2D eigenvalue weighted by Crippen LogP contribution is 2.13. The quantitative estimate of drug-likeness (QED) is 0.863. The molecule has 1 aromatic carbocycles. The Bertz CT molecular complexity index is 467. The summed E-state index contributed by atoms with van der Waals surface area (Å²) < 4.78 is 13.2. The molecule has 2 N–H and O–H groups in total. The maximum atomic E-state index is 13.2. The van der Waals surface area contributed by atoms with E-state index in [1.54, 1.807) is 13.8 Å². The predicted molar refractivity (Wildman–Crippen MR) is 64.9 cm³/mol. The number of hydrogen-bond acceptors (Lipinski definition) is 2. The summed E-state index contributed by atoms with van der Waals surface area (Å²) in [6.45, 7) is 4.74. The first-order valence-electron chi connectivity index (χ1n) is 5.61. The van der Waals surface area contributed by atoms with E-state index < -0.39 is 23.2 Å². The van der Waals surface area contributed by atoms with E-state index in [9.17, 15) is 14.0 Å². The van der Waals surface area contributed by atoms with Crippen molar-refractivity contribution in [1.82, 2.24) is 5.32 Å². The van der Waals surface area contributed by atoms with Crippen molar-refractivity contribution in [3.05, 3.63) is 35.1 Å². The Balaban J connectivity index is 2.98. The third kappa shape index (κ3) is 3.06. The van der Waals surface area contributed by atoms with Gasteiger partial charge < -0.3 is 10.4 Å². The Morgan fingerprint density at radius 1 is 1.39 bits per heavy atom. The van der Waals surface area contributed by atoms with Crippen LogP contribution < -0.4 is 5.32 Å². The monoisotopic (exact) mass is 253 g/mol. The number of aryl methyl sites for hydroxylation is 1. The van der Waals surface area contributed by atoms with Crippen LogP contribution in [0.15, 0.2) is 18.2 Å². The molecule has 0 aliphatic carbocycles. The molecule has 0 fully saturated rings. The number of halogens is 1. The van der Waals surface area contributed by atoms with Gasteiger partial charge in [0.25, 0.3) is 5.91 Å². The average molecular weight is 253 g/mol. The lowest BCUT2D eigenvalue weighted by atomic mass is 9.98. The van der Waals surface area contributed by atoms with Crippen molar-refractivity contribution in [2.45, 2.75) is 32.7 Å². The number of benzene rings is 1. The number of carboxylic acids is 1. The first-order valence-corrected chi connectivity index (χ1v) is 5.61. The summed E-state index contributed by atoms with van der Waals surface area (Å²) in [7, 11) is 0. The van der Waals surface area contributed by atoms with E-state index in [1.807, 2.05) is 0 Å². The van der Waals surface area contributed by atoms with Crippen LogP contribution in [0.5, 0.6) is 0 Å². The zero-order valence-electron chi connectivity index (χ0n) is 10.6. The number of carbonyl (C=O) groups is 2. The first-order chi connectivity index (χ1) is 8.28. The Morgan fingerprint density at radius 3 is 2.44 bits per heavy atom. The Labute approximate surface area is 105 Å². The van der Waals surface area contributed by atoms with Gasteiger partial charge in [0, 0.05) is 5.56 Å². The Hall–Kier alpha value is -1.91. The molecule has 0 spiro atoms. The average Bonchev–Trinajstić information content (AvgIpc) is 2.27. The Kier molecular flexibility index (Phi) is 4.06. The van der Waals surface area contributed by atoms with Crippen LogP contribution in [0.25, 0.3) is 0 Å². The fraction of sp³-hybridized carbons (Fsp3) is 0.385. The van der Waals surface area contributed by atoms with Crippen LogP contribution in [0.2, 0.25) is 0 Å². The molecule has 1 rings (SSSR count). The van der Waals surface area contributed by atoms with Gasteiger partial charge in [0.2, 0.25) is 0 Å². The second-order valence-electron chi connectivity index (χ2n) is 4.46. The first kappa shape index (κ1) is 14.2. The summed E-state index contributed by atoms with van der Waals surface area (Å²) in [5.41, 5.74) is -0.626. The Morgan fingerprint density at radius 2 is 2.00 bits per heavy atom. The van der Waals surface area contributed by atoms with E-state index in [0.29, 0.717) is 5.56 Å². The van der Waals surface area contributed by atoms with Gasteiger partial charge >= 0.3 is 5.97 Å². The molecule has 1 amide bonds. The minimum absolute atomic E-state index is 0.119. The van der Waals surface area contributed by atoms with Crippen molar-refractivity contribution in [2.24, 2.45) is 0 Å². The van der Waals surface area contributed by atoms with Crippen LogP contribution in [0.3, 0.4) is 0 Å². The molecular formula is C13H16FNO3. The largest absolute Gasteiger partial charge is 0.480 e. The second-order valence-corrected chi connectivity index (χ2v) is 4.46. The van der Waals surface area contributed by atoms with Crippen LogP contribution in [-0.2, 0) is 4.79 Å². The number of nitrogens with one attached hydrogen (secondary N) is 1. The molecule has 1 unspecified atom stereocenters. The molecule has 5 heteroatoms. The summed E-state index contributed by atoms with van der Waals surface area (Å²) in [6, 6.07) is 3.89. The maximum absolute atomic E-state index is 13.2. The van der Waals surface area contributed by atoms with E-state index in [2.05, 4.69) is 5.32 Å². The maximum Gasteiger partial charge on any atom is 0.329 e. The number of aliphatic carboxylic acids is 1. The topological polar surface area (TPSA) is 66.4 Å². The minimum atomic E-state index is -1.35. The lowest BCUT2D eigenvalue weighted by Gasteiger charge is -2.24. The highest BCUT2D eigenvalue weighted by Gasteiger charge is 2.33.